The van der Waals surface area contributed by atoms with Crippen molar-refractivity contribution in [3.05, 3.63) is 0 Å². The minimum Gasteiger partial charge on any atom is -0.466 e. The maximum atomic E-state index is 12.9. The molecule has 7 nitrogen and oxygen atoms in total. The summed E-state index contributed by atoms with van der Waals surface area (Å²) in [6.45, 7) is 13.4. The average Bonchev–Trinajstić information content (AvgIpc) is 4.03. The molecule has 326 valence electrons. The molecule has 0 bridgehead atoms. The molecule has 1 fully saturated rings. The molecule has 2 N–H and O–H groups in total. The predicted octanol–water partition coefficient (Wildman–Crippen LogP) is 12.2. The number of rotatable bonds is 44. The fraction of sp³-hybridized carbons (Fsp3) is 0.958. The van der Waals surface area contributed by atoms with E-state index in [1.54, 1.807) is 0 Å². The van der Waals surface area contributed by atoms with Gasteiger partial charge in [0.2, 0.25) is 5.91 Å². The number of carbonyl (C=O) groups excluding carboxylic acids is 2. The summed E-state index contributed by atoms with van der Waals surface area (Å²) in [5.74, 6) is 0.838. The molecule has 0 saturated heterocycles. The molecule has 0 unspecified atom stereocenters. The molecule has 0 aromatic rings. The molecular formula is C48H95N3O4. The first kappa shape index (κ1) is 51.8. The third kappa shape index (κ3) is 34.6. The van der Waals surface area contributed by atoms with Gasteiger partial charge in [0.1, 0.15) is 0 Å². The van der Waals surface area contributed by atoms with E-state index < -0.39 is 0 Å². The number of esters is 1. The van der Waals surface area contributed by atoms with Crippen molar-refractivity contribution in [3.8, 4) is 0 Å². The second kappa shape index (κ2) is 39.6. The topological polar surface area (TPSA) is 82.1 Å². The Balaban J connectivity index is 2.32. The van der Waals surface area contributed by atoms with Gasteiger partial charge in [-0.05, 0) is 76.8 Å². The summed E-state index contributed by atoms with van der Waals surface area (Å²) in [4.78, 5) is 30.2. The summed E-state index contributed by atoms with van der Waals surface area (Å²) in [6.07, 6.45) is 39.9. The first-order valence-electron chi connectivity index (χ1n) is 24.5. The Bertz CT molecular complexity index is 822. The minimum absolute atomic E-state index is 0.0318. The molecule has 0 spiro atoms. The highest BCUT2D eigenvalue weighted by atomic mass is 16.5. The first-order valence-corrected chi connectivity index (χ1v) is 24.5. The van der Waals surface area contributed by atoms with Crippen LogP contribution in [0.2, 0.25) is 0 Å². The zero-order chi connectivity index (χ0) is 39.9. The molecule has 7 heteroatoms. The van der Waals surface area contributed by atoms with Crippen LogP contribution in [0.1, 0.15) is 233 Å². The van der Waals surface area contributed by atoms with Gasteiger partial charge in [0.25, 0.3) is 0 Å². The fourth-order valence-electron chi connectivity index (χ4n) is 8.02. The van der Waals surface area contributed by atoms with Crippen LogP contribution in [-0.4, -0.2) is 85.3 Å². The van der Waals surface area contributed by atoms with Crippen LogP contribution in [0.15, 0.2) is 0 Å². The second-order valence-electron chi connectivity index (χ2n) is 17.3. The summed E-state index contributed by atoms with van der Waals surface area (Å²) < 4.78 is 5.52. The molecule has 1 saturated carbocycles. The van der Waals surface area contributed by atoms with Crippen LogP contribution in [0.3, 0.4) is 0 Å². The Kier molecular flexibility index (Phi) is 37.4. The number of aliphatic hydroxyl groups is 1. The number of nitrogens with one attached hydrogen (secondary N) is 1. The minimum atomic E-state index is -0.0318. The lowest BCUT2D eigenvalue weighted by Gasteiger charge is -2.27. The van der Waals surface area contributed by atoms with Crippen LogP contribution in [0.25, 0.3) is 0 Å². The molecule has 55 heavy (non-hydrogen) atoms. The van der Waals surface area contributed by atoms with E-state index in [2.05, 4.69) is 35.9 Å². The van der Waals surface area contributed by atoms with Crippen LogP contribution < -0.4 is 5.32 Å². The Hall–Kier alpha value is -1.18. The van der Waals surface area contributed by atoms with Gasteiger partial charge in [-0.1, -0.05) is 162 Å². The molecule has 1 amide bonds. The van der Waals surface area contributed by atoms with Crippen molar-refractivity contribution >= 4 is 11.9 Å². The number of aliphatic hydroxyl groups excluding tert-OH is 1. The second-order valence-corrected chi connectivity index (χ2v) is 17.3. The third-order valence-electron chi connectivity index (χ3n) is 11.9. The molecule has 1 rings (SSSR count). The molecule has 0 radical (unpaired) electrons. The third-order valence-corrected chi connectivity index (χ3v) is 11.9. The number of amides is 1. The largest absolute Gasteiger partial charge is 0.466 e. The number of carbonyl (C=O) groups is 2. The monoisotopic (exact) mass is 778 g/mol. The maximum absolute atomic E-state index is 12.9. The predicted molar refractivity (Wildman–Crippen MR) is 236 cm³/mol. The molecule has 0 atom stereocenters. The molecule has 0 aliphatic heterocycles. The maximum Gasteiger partial charge on any atom is 0.305 e. The van der Waals surface area contributed by atoms with Crippen molar-refractivity contribution in [1.29, 1.82) is 0 Å². The smallest absolute Gasteiger partial charge is 0.305 e. The zero-order valence-electron chi connectivity index (χ0n) is 37.2. The molecule has 0 aromatic heterocycles. The Morgan fingerprint density at radius 1 is 0.564 bits per heavy atom. The van der Waals surface area contributed by atoms with E-state index in [1.807, 2.05) is 0 Å². The molecular weight excluding hydrogens is 683 g/mol. The highest BCUT2D eigenvalue weighted by Crippen LogP contribution is 2.26. The highest BCUT2D eigenvalue weighted by Gasteiger charge is 2.28. The summed E-state index contributed by atoms with van der Waals surface area (Å²) in [5, 5.41) is 12.9. The number of hydrogen-bond donors (Lipinski definition) is 2. The standard InChI is InChI=1S/C48H95N3O4/c1-4-7-10-13-16-17-18-21-30-43-55-48(54)34-27-23-29-38-50(39-40-51(41-42-52)46-35-36-46)37-28-22-26-33-47(53)49-44-45(31-24-19-14-11-8-5-2)32-25-20-15-12-9-6-3/h45-46,52H,4-44H2,1-3H3,(H,49,53). The molecule has 1 aliphatic rings. The van der Waals surface area contributed by atoms with Crippen molar-refractivity contribution in [3.63, 3.8) is 0 Å². The number of ether oxygens (including phenoxy) is 1. The summed E-state index contributed by atoms with van der Waals surface area (Å²) in [5.41, 5.74) is 0. The van der Waals surface area contributed by atoms with Crippen LogP contribution in [-0.2, 0) is 14.3 Å². The number of nitrogens with zero attached hydrogens (tertiary/aromatic N) is 2. The number of unbranched alkanes of at least 4 members (excludes halogenated alkanes) is 22. The molecule has 0 heterocycles. The van der Waals surface area contributed by atoms with Gasteiger partial charge in [0.05, 0.1) is 13.2 Å². The summed E-state index contributed by atoms with van der Waals surface area (Å²) >= 11 is 0. The van der Waals surface area contributed by atoms with Crippen LogP contribution in [0, 0.1) is 5.92 Å². The van der Waals surface area contributed by atoms with Gasteiger partial charge in [-0.15, -0.1) is 0 Å². The van der Waals surface area contributed by atoms with E-state index in [4.69, 9.17) is 4.74 Å². The SMILES string of the molecule is CCCCCCCCCCCOC(=O)CCCCCN(CCCCCC(=O)NCC(CCCCCCCC)CCCCCCCC)CCN(CCO)C1CC1. The fourth-order valence-corrected chi connectivity index (χ4v) is 8.02. The van der Waals surface area contributed by atoms with Gasteiger partial charge in [-0.3, -0.25) is 14.5 Å². The van der Waals surface area contributed by atoms with Crippen LogP contribution in [0.5, 0.6) is 0 Å². The van der Waals surface area contributed by atoms with Crippen molar-refractivity contribution in [1.82, 2.24) is 15.1 Å². The molecule has 1 aliphatic carbocycles. The van der Waals surface area contributed by atoms with E-state index in [0.717, 1.165) is 84.2 Å². The Morgan fingerprint density at radius 2 is 1.04 bits per heavy atom. The van der Waals surface area contributed by atoms with Gasteiger partial charge < -0.3 is 20.1 Å². The Labute approximate surface area is 342 Å². The molecule has 0 aromatic carbocycles. The first-order chi connectivity index (χ1) is 27.0. The lowest BCUT2D eigenvalue weighted by Crippen LogP contribution is -2.38. The van der Waals surface area contributed by atoms with Crippen LogP contribution in [0.4, 0.5) is 0 Å². The average molecular weight is 778 g/mol. The van der Waals surface area contributed by atoms with Gasteiger partial charge >= 0.3 is 5.97 Å². The van der Waals surface area contributed by atoms with Crippen LogP contribution >= 0.6 is 0 Å². The van der Waals surface area contributed by atoms with Crippen molar-refractivity contribution in [2.45, 2.75) is 239 Å². The van der Waals surface area contributed by atoms with E-state index in [1.165, 1.54) is 154 Å². The summed E-state index contributed by atoms with van der Waals surface area (Å²) in [6, 6.07) is 0.658. The number of hydrogen-bond acceptors (Lipinski definition) is 6. The van der Waals surface area contributed by atoms with Crippen molar-refractivity contribution < 1.29 is 19.4 Å². The van der Waals surface area contributed by atoms with E-state index in [-0.39, 0.29) is 18.5 Å². The van der Waals surface area contributed by atoms with Gasteiger partial charge in [-0.2, -0.15) is 0 Å². The Morgan fingerprint density at radius 3 is 1.55 bits per heavy atom. The van der Waals surface area contributed by atoms with Gasteiger partial charge in [0, 0.05) is 45.1 Å². The van der Waals surface area contributed by atoms with Crippen molar-refractivity contribution in [2.75, 3.05) is 52.5 Å². The lowest BCUT2D eigenvalue weighted by atomic mass is 9.94. The van der Waals surface area contributed by atoms with Crippen molar-refractivity contribution in [2.24, 2.45) is 5.92 Å². The highest BCUT2D eigenvalue weighted by molar-refractivity contribution is 5.75. The van der Waals surface area contributed by atoms with E-state index in [9.17, 15) is 14.7 Å². The van der Waals surface area contributed by atoms with Gasteiger partial charge in [0.15, 0.2) is 0 Å². The summed E-state index contributed by atoms with van der Waals surface area (Å²) in [7, 11) is 0. The van der Waals surface area contributed by atoms with E-state index in [0.29, 0.717) is 31.4 Å². The lowest BCUT2D eigenvalue weighted by molar-refractivity contribution is -0.143. The quantitative estimate of drug-likeness (QED) is 0.0474. The normalized spacial score (nSPS) is 13.1. The van der Waals surface area contributed by atoms with Gasteiger partial charge in [-0.25, -0.2) is 0 Å². The van der Waals surface area contributed by atoms with E-state index >= 15 is 0 Å². The zero-order valence-corrected chi connectivity index (χ0v) is 37.2.